The molecule has 0 spiro atoms. The number of anilines is 1. The average Bonchev–Trinajstić information content (AvgIpc) is 2.32. The number of hydrogen-bond acceptors (Lipinski definition) is 4. The number of pyridine rings is 1. The molecule has 18 heavy (non-hydrogen) atoms. The van der Waals surface area contributed by atoms with Gasteiger partial charge >= 0.3 is 0 Å². The summed E-state index contributed by atoms with van der Waals surface area (Å²) in [7, 11) is 0. The lowest BCUT2D eigenvalue weighted by molar-refractivity contribution is 0.188. The number of rotatable bonds is 3. The Bertz CT molecular complexity index is 295. The Hall–Kier alpha value is -0.260. The smallest absolute Gasteiger partial charge is 0.128 e. The normalized spacial score (nSPS) is 15.1. The van der Waals surface area contributed by atoms with Crippen molar-refractivity contribution in [2.75, 3.05) is 44.2 Å². The van der Waals surface area contributed by atoms with Crippen molar-refractivity contribution in [1.29, 1.82) is 0 Å². The van der Waals surface area contributed by atoms with Crippen LogP contribution in [0.1, 0.15) is 0 Å². The van der Waals surface area contributed by atoms with Crippen molar-refractivity contribution in [3.05, 3.63) is 24.4 Å². The van der Waals surface area contributed by atoms with Crippen LogP contribution in [0.4, 0.5) is 5.82 Å². The van der Waals surface area contributed by atoms with E-state index in [4.69, 9.17) is 5.11 Å². The molecular formula is C11H20Cl3N3O. The van der Waals surface area contributed by atoms with Crippen molar-refractivity contribution in [1.82, 2.24) is 9.88 Å². The van der Waals surface area contributed by atoms with Crippen LogP contribution in [0.5, 0.6) is 0 Å². The van der Waals surface area contributed by atoms with E-state index < -0.39 is 0 Å². The van der Waals surface area contributed by atoms with Gasteiger partial charge in [0.1, 0.15) is 5.82 Å². The highest BCUT2D eigenvalue weighted by molar-refractivity contribution is 5.86. The molecule has 2 rings (SSSR count). The number of hydrogen-bond donors (Lipinski definition) is 1. The summed E-state index contributed by atoms with van der Waals surface area (Å²) in [5, 5.41) is 8.83. The maximum absolute atomic E-state index is 8.83. The molecule has 0 aliphatic carbocycles. The molecule has 0 amide bonds. The number of β-amino-alcohol motifs (C(OH)–C–C–N with tert-alkyl or cyclic N) is 1. The predicted molar refractivity (Wildman–Crippen MR) is 81.7 cm³/mol. The van der Waals surface area contributed by atoms with Crippen molar-refractivity contribution in [3.8, 4) is 0 Å². The quantitative estimate of drug-likeness (QED) is 0.916. The van der Waals surface area contributed by atoms with Gasteiger partial charge < -0.3 is 10.0 Å². The zero-order chi connectivity index (χ0) is 10.5. The minimum atomic E-state index is 0. The molecule has 1 aromatic rings. The molecule has 7 heteroatoms. The lowest BCUT2D eigenvalue weighted by Gasteiger charge is -2.34. The van der Waals surface area contributed by atoms with Crippen LogP contribution in [0.3, 0.4) is 0 Å². The fourth-order valence-electron chi connectivity index (χ4n) is 1.88. The second kappa shape index (κ2) is 10.6. The number of aliphatic hydroxyl groups is 1. The first-order chi connectivity index (χ1) is 7.40. The summed E-state index contributed by atoms with van der Waals surface area (Å²) in [5.41, 5.74) is 0. The molecule has 0 radical (unpaired) electrons. The average molecular weight is 317 g/mol. The summed E-state index contributed by atoms with van der Waals surface area (Å²) in [4.78, 5) is 8.89. The number of aromatic nitrogens is 1. The van der Waals surface area contributed by atoms with E-state index >= 15 is 0 Å². The zero-order valence-corrected chi connectivity index (χ0v) is 12.5. The summed E-state index contributed by atoms with van der Waals surface area (Å²) in [6.45, 7) is 5.06. The molecule has 1 aromatic heterocycles. The number of halogens is 3. The van der Waals surface area contributed by atoms with Crippen LogP contribution in [0.25, 0.3) is 0 Å². The second-order valence-electron chi connectivity index (χ2n) is 3.74. The maximum Gasteiger partial charge on any atom is 0.128 e. The molecular weight excluding hydrogens is 297 g/mol. The fourth-order valence-corrected chi connectivity index (χ4v) is 1.88. The van der Waals surface area contributed by atoms with Gasteiger partial charge in [-0.1, -0.05) is 6.07 Å². The third-order valence-electron chi connectivity index (χ3n) is 2.76. The van der Waals surface area contributed by atoms with Crippen molar-refractivity contribution in [3.63, 3.8) is 0 Å². The first-order valence-electron chi connectivity index (χ1n) is 5.39. The van der Waals surface area contributed by atoms with E-state index in [9.17, 15) is 0 Å². The Balaban J connectivity index is 0. The molecule has 4 nitrogen and oxygen atoms in total. The van der Waals surface area contributed by atoms with Crippen LogP contribution < -0.4 is 4.90 Å². The summed E-state index contributed by atoms with van der Waals surface area (Å²) >= 11 is 0. The lowest BCUT2D eigenvalue weighted by atomic mass is 10.3. The SMILES string of the molecule is Cl.Cl.Cl.OCCN1CCN(c2ccccn2)CC1. The fraction of sp³-hybridized carbons (Fsp3) is 0.545. The number of piperazine rings is 1. The number of nitrogens with zero attached hydrogens (tertiary/aromatic N) is 3. The van der Waals surface area contributed by atoms with Crippen LogP contribution in [0.2, 0.25) is 0 Å². The maximum atomic E-state index is 8.83. The Kier molecular flexibility index (Phi) is 11.9. The van der Waals surface area contributed by atoms with E-state index in [1.165, 1.54) is 0 Å². The zero-order valence-electron chi connectivity index (χ0n) is 10.1. The van der Waals surface area contributed by atoms with Gasteiger partial charge in [0.05, 0.1) is 6.61 Å². The molecule has 0 saturated carbocycles. The minimum absolute atomic E-state index is 0. The van der Waals surface area contributed by atoms with E-state index in [1.807, 2.05) is 24.4 Å². The number of aliphatic hydroxyl groups excluding tert-OH is 1. The highest BCUT2D eigenvalue weighted by Crippen LogP contribution is 2.11. The molecule has 2 heterocycles. The van der Waals surface area contributed by atoms with Gasteiger partial charge in [-0.3, -0.25) is 4.90 Å². The molecule has 0 unspecified atom stereocenters. The largest absolute Gasteiger partial charge is 0.395 e. The predicted octanol–water partition coefficient (Wildman–Crippen LogP) is 1.46. The molecule has 0 atom stereocenters. The first-order valence-corrected chi connectivity index (χ1v) is 5.39. The minimum Gasteiger partial charge on any atom is -0.395 e. The van der Waals surface area contributed by atoms with E-state index in [0.29, 0.717) is 0 Å². The molecule has 0 aromatic carbocycles. The van der Waals surface area contributed by atoms with E-state index in [1.54, 1.807) is 0 Å². The highest BCUT2D eigenvalue weighted by Gasteiger charge is 2.16. The monoisotopic (exact) mass is 315 g/mol. The Morgan fingerprint density at radius 2 is 1.72 bits per heavy atom. The molecule has 1 aliphatic heterocycles. The summed E-state index contributed by atoms with van der Waals surface area (Å²) < 4.78 is 0. The van der Waals surface area contributed by atoms with Crippen molar-refractivity contribution in [2.45, 2.75) is 0 Å². The Morgan fingerprint density at radius 3 is 2.22 bits per heavy atom. The van der Waals surface area contributed by atoms with Gasteiger partial charge in [0, 0.05) is 38.9 Å². The van der Waals surface area contributed by atoms with E-state index in [-0.39, 0.29) is 43.8 Å². The van der Waals surface area contributed by atoms with Gasteiger partial charge in [-0.05, 0) is 12.1 Å². The Morgan fingerprint density at radius 1 is 1.06 bits per heavy atom. The second-order valence-corrected chi connectivity index (χ2v) is 3.74. The molecule has 1 N–H and O–H groups in total. The van der Waals surface area contributed by atoms with Crippen molar-refractivity contribution >= 4 is 43.0 Å². The summed E-state index contributed by atoms with van der Waals surface area (Å²) in [6.07, 6.45) is 1.83. The van der Waals surface area contributed by atoms with Crippen molar-refractivity contribution in [2.24, 2.45) is 0 Å². The topological polar surface area (TPSA) is 39.6 Å². The van der Waals surface area contributed by atoms with Crippen LogP contribution in [0.15, 0.2) is 24.4 Å². The van der Waals surface area contributed by atoms with Gasteiger partial charge in [-0.2, -0.15) is 0 Å². The molecule has 1 fully saturated rings. The standard InChI is InChI=1S/C11H17N3O.3ClH/c15-10-9-13-5-7-14(8-6-13)11-3-1-2-4-12-11;;;/h1-4,15H,5-10H2;3*1H. The third-order valence-corrected chi connectivity index (χ3v) is 2.76. The Labute approximate surface area is 127 Å². The lowest BCUT2D eigenvalue weighted by Crippen LogP contribution is -2.47. The van der Waals surface area contributed by atoms with Gasteiger partial charge in [0.15, 0.2) is 0 Å². The van der Waals surface area contributed by atoms with E-state index in [0.717, 1.165) is 38.5 Å². The van der Waals surface area contributed by atoms with Gasteiger partial charge in [0.2, 0.25) is 0 Å². The third kappa shape index (κ3) is 5.59. The van der Waals surface area contributed by atoms with Gasteiger partial charge in [0.25, 0.3) is 0 Å². The summed E-state index contributed by atoms with van der Waals surface area (Å²) in [5.74, 6) is 1.06. The summed E-state index contributed by atoms with van der Waals surface area (Å²) in [6, 6.07) is 6.00. The molecule has 106 valence electrons. The molecule has 0 bridgehead atoms. The molecule has 1 saturated heterocycles. The van der Waals surface area contributed by atoms with E-state index in [2.05, 4.69) is 14.8 Å². The first kappa shape index (κ1) is 20.1. The van der Waals surface area contributed by atoms with Crippen LogP contribution in [0, 0.1) is 0 Å². The van der Waals surface area contributed by atoms with Gasteiger partial charge in [-0.25, -0.2) is 4.98 Å². The van der Waals surface area contributed by atoms with Crippen LogP contribution in [-0.4, -0.2) is 54.3 Å². The van der Waals surface area contributed by atoms with Crippen LogP contribution in [-0.2, 0) is 0 Å². The molecule has 1 aliphatic rings. The highest BCUT2D eigenvalue weighted by atomic mass is 35.5. The van der Waals surface area contributed by atoms with Gasteiger partial charge in [-0.15, -0.1) is 37.2 Å². The van der Waals surface area contributed by atoms with Crippen LogP contribution >= 0.6 is 37.2 Å². The van der Waals surface area contributed by atoms with Crippen molar-refractivity contribution < 1.29 is 5.11 Å².